The van der Waals surface area contributed by atoms with Gasteiger partial charge in [-0.05, 0) is 44.5 Å². The van der Waals surface area contributed by atoms with Crippen LogP contribution in [0.2, 0.25) is 0 Å². The molecule has 1 saturated carbocycles. The maximum atomic E-state index is 12.5. The van der Waals surface area contributed by atoms with Crippen LogP contribution in [-0.4, -0.2) is 81.1 Å². The average molecular weight is 437 g/mol. The number of carbonyl (C=O) groups is 3. The highest BCUT2D eigenvalue weighted by molar-refractivity contribution is 5.90. The molecule has 8 N–H and O–H groups in total. The summed E-state index contributed by atoms with van der Waals surface area (Å²) in [7, 11) is 2.04. The van der Waals surface area contributed by atoms with Crippen molar-refractivity contribution in [1.29, 1.82) is 0 Å². The number of rotatable bonds is 1. The van der Waals surface area contributed by atoms with Crippen molar-refractivity contribution < 1.29 is 39.5 Å². The lowest BCUT2D eigenvalue weighted by molar-refractivity contribution is -0.185. The molecule has 170 valence electrons. The van der Waals surface area contributed by atoms with Gasteiger partial charge in [-0.1, -0.05) is 6.07 Å². The third kappa shape index (κ3) is 3.38. The van der Waals surface area contributed by atoms with Crippen LogP contribution in [0.4, 0.5) is 4.79 Å². The molecule has 11 nitrogen and oxygen atoms in total. The van der Waals surface area contributed by atoms with Gasteiger partial charge in [-0.3, -0.25) is 9.59 Å². The Labute approximate surface area is 178 Å². The molecule has 2 aliphatic carbocycles. The zero-order valence-corrected chi connectivity index (χ0v) is 17.1. The van der Waals surface area contributed by atoms with Crippen LogP contribution >= 0.6 is 0 Å². The van der Waals surface area contributed by atoms with Gasteiger partial charge in [0.1, 0.15) is 0 Å². The lowest BCUT2D eigenvalue weighted by atomic mass is 9.49. The Kier molecular flexibility index (Phi) is 5.87. The number of phenols is 1. The molecule has 0 unspecified atom stereocenters. The monoisotopic (exact) mass is 437 g/mol. The lowest BCUT2D eigenvalue weighted by Gasteiger charge is -2.61. The smallest absolute Gasteiger partial charge is 0.402 e. The van der Waals surface area contributed by atoms with Crippen LogP contribution in [0.5, 0.6) is 11.5 Å². The number of Topliss-reactive ketones (excluding diaryl/α,β-unsaturated/α-hetero) is 1. The third-order valence-corrected chi connectivity index (χ3v) is 6.70. The summed E-state index contributed by atoms with van der Waals surface area (Å²) < 4.78 is 5.94. The summed E-state index contributed by atoms with van der Waals surface area (Å²) in [5.74, 6) is -0.407. The van der Waals surface area contributed by atoms with Crippen molar-refractivity contribution >= 4 is 17.8 Å². The number of aliphatic hydroxyl groups is 1. The molecule has 0 aromatic heterocycles. The molecular formula is C20H27N3O8. The molecule has 1 aromatic rings. The highest BCUT2D eigenvalue weighted by Gasteiger charge is 2.72. The van der Waals surface area contributed by atoms with E-state index in [1.54, 1.807) is 6.07 Å². The molecule has 2 aliphatic heterocycles. The lowest BCUT2D eigenvalue weighted by Crippen LogP contribution is -2.76. The summed E-state index contributed by atoms with van der Waals surface area (Å²) in [5, 5.41) is 36.6. The van der Waals surface area contributed by atoms with Gasteiger partial charge in [-0.25, -0.2) is 4.79 Å². The van der Waals surface area contributed by atoms with Gasteiger partial charge in [0, 0.05) is 18.0 Å². The predicted octanol–water partition coefficient (Wildman–Crippen LogP) is -0.602. The Morgan fingerprint density at radius 3 is 2.48 bits per heavy atom. The maximum Gasteiger partial charge on any atom is 0.402 e. The quantitative estimate of drug-likeness (QED) is 0.330. The second-order valence-corrected chi connectivity index (χ2v) is 8.19. The highest BCUT2D eigenvalue weighted by Crippen LogP contribution is 2.64. The van der Waals surface area contributed by atoms with Crippen molar-refractivity contribution in [2.45, 2.75) is 48.8 Å². The van der Waals surface area contributed by atoms with Crippen molar-refractivity contribution in [1.82, 2.24) is 4.90 Å². The number of carboxylic acids is 1. The second-order valence-electron chi connectivity index (χ2n) is 8.19. The molecule has 31 heavy (non-hydrogen) atoms. The number of aliphatic carboxylic acids is 1. The number of likely N-dealkylation sites (tertiary alicyclic amines) is 1. The van der Waals surface area contributed by atoms with Crippen LogP contribution in [0.1, 0.15) is 30.4 Å². The molecule has 2 fully saturated rings. The second kappa shape index (κ2) is 7.98. The van der Waals surface area contributed by atoms with Gasteiger partial charge in [0.25, 0.3) is 0 Å². The molecule has 2 heterocycles. The van der Waals surface area contributed by atoms with E-state index in [9.17, 15) is 19.8 Å². The summed E-state index contributed by atoms with van der Waals surface area (Å²) in [6.45, 7) is 0.550. The first-order valence-electron chi connectivity index (χ1n) is 9.87. The zero-order valence-electron chi connectivity index (χ0n) is 17.1. The molecule has 4 aliphatic rings. The number of amides is 1. The predicted molar refractivity (Wildman–Crippen MR) is 107 cm³/mol. The van der Waals surface area contributed by atoms with Crippen molar-refractivity contribution in [3.05, 3.63) is 23.3 Å². The molecular weight excluding hydrogens is 410 g/mol. The van der Waals surface area contributed by atoms with E-state index in [1.165, 1.54) is 0 Å². The Bertz CT molecular complexity index is 918. The van der Waals surface area contributed by atoms with Crippen molar-refractivity contribution in [3.8, 4) is 11.5 Å². The topological polar surface area (TPSA) is 197 Å². The number of carboxylic acid groups (broad SMARTS) is 2. The number of ketones is 1. The van der Waals surface area contributed by atoms with E-state index < -0.39 is 29.2 Å². The maximum absolute atomic E-state index is 12.5. The molecule has 4 atom stereocenters. The van der Waals surface area contributed by atoms with Crippen LogP contribution in [0.3, 0.4) is 0 Å². The van der Waals surface area contributed by atoms with Crippen LogP contribution in [0.25, 0.3) is 0 Å². The molecule has 0 radical (unpaired) electrons. The number of likely N-dealkylation sites (N-methyl/N-ethyl adjacent to an activating group) is 1. The van der Waals surface area contributed by atoms with Gasteiger partial charge in [-0.15, -0.1) is 0 Å². The van der Waals surface area contributed by atoms with E-state index >= 15 is 0 Å². The van der Waals surface area contributed by atoms with E-state index in [2.05, 4.69) is 16.4 Å². The summed E-state index contributed by atoms with van der Waals surface area (Å²) in [6.07, 6.45) is 0.273. The number of carbonyl (C=O) groups excluding carboxylic acids is 1. The van der Waals surface area contributed by atoms with Crippen molar-refractivity contribution in [2.75, 3.05) is 20.1 Å². The number of benzene rings is 1. The number of ether oxygens (including phenoxy) is 1. The minimum atomic E-state index is -1.33. The number of primary amides is 1. The number of hydrogen-bond acceptors (Lipinski definition) is 8. The summed E-state index contributed by atoms with van der Waals surface area (Å²) >= 11 is 0. The largest absolute Gasteiger partial charge is 0.504 e. The number of piperidine rings is 1. The van der Waals surface area contributed by atoms with Gasteiger partial charge in [0.15, 0.2) is 23.4 Å². The fraction of sp³-hybridized carbons (Fsp3) is 0.550. The molecule has 11 heteroatoms. The van der Waals surface area contributed by atoms with E-state index in [0.717, 1.165) is 24.1 Å². The molecule has 5 rings (SSSR count). The van der Waals surface area contributed by atoms with Gasteiger partial charge in [0.2, 0.25) is 0 Å². The fourth-order valence-electron chi connectivity index (χ4n) is 5.54. The average Bonchev–Trinajstić information content (AvgIpc) is 3.05. The zero-order chi connectivity index (χ0) is 23.1. The number of aromatic hydroxyl groups is 1. The van der Waals surface area contributed by atoms with Crippen LogP contribution in [0, 0.1) is 0 Å². The number of hydrogen-bond donors (Lipinski definition) is 6. The molecule has 1 aromatic carbocycles. The Hall–Kier alpha value is -2.89. The number of nitrogens with two attached hydrogens (primary N) is 2. The summed E-state index contributed by atoms with van der Waals surface area (Å²) in [6, 6.07) is 3.57. The minimum Gasteiger partial charge on any atom is -0.504 e. The molecule has 2 bridgehead atoms. The fourth-order valence-corrected chi connectivity index (χ4v) is 5.54. The third-order valence-electron chi connectivity index (χ3n) is 6.70. The normalized spacial score (nSPS) is 31.8. The van der Waals surface area contributed by atoms with Crippen LogP contribution in [-0.2, 0) is 21.4 Å². The van der Waals surface area contributed by atoms with Crippen LogP contribution < -0.4 is 16.2 Å². The van der Waals surface area contributed by atoms with E-state index in [-0.39, 0.29) is 24.1 Å². The van der Waals surface area contributed by atoms with E-state index in [1.807, 2.05) is 13.1 Å². The van der Waals surface area contributed by atoms with Gasteiger partial charge in [0.05, 0.1) is 17.6 Å². The van der Waals surface area contributed by atoms with E-state index in [4.69, 9.17) is 19.7 Å². The number of phenolic OH excluding ortho intramolecular Hbond substituents is 1. The van der Waals surface area contributed by atoms with E-state index in [0.29, 0.717) is 25.0 Å². The van der Waals surface area contributed by atoms with Gasteiger partial charge in [-0.2, -0.15) is 0 Å². The summed E-state index contributed by atoms with van der Waals surface area (Å²) in [4.78, 5) is 32.8. The number of nitrogens with zero attached hydrogens (tertiary/aromatic N) is 1. The Morgan fingerprint density at radius 2 is 1.90 bits per heavy atom. The van der Waals surface area contributed by atoms with Crippen LogP contribution in [0.15, 0.2) is 12.1 Å². The molecule has 1 spiro atoms. The SMILES string of the molecule is CN1CC[C@]23c4c5ccc(O)c4O[C@H]2C(=O)CC[C@@]3(O)[C@H]1C5.NC(=O)O.NCC(=O)O. The summed E-state index contributed by atoms with van der Waals surface area (Å²) in [5.41, 5.74) is 8.97. The Morgan fingerprint density at radius 1 is 1.29 bits per heavy atom. The molecule has 1 amide bonds. The van der Waals surface area contributed by atoms with Crippen molar-refractivity contribution in [2.24, 2.45) is 11.5 Å². The standard InChI is InChI=1S/C17H19NO4.C2H5NO2.CH3NO2/c1-18-7-6-16-13-9-2-3-10(19)14(13)22-15(16)11(20)4-5-17(16,21)12(18)8-9;3-1-2(4)5;2-1(3)4/h2-3,12,15,19,21H,4-8H2,1H3;1,3H2,(H,4,5);2H2,(H,3,4)/t12-,15+,16+,17-;;/m1../s1. The highest BCUT2D eigenvalue weighted by atomic mass is 16.5. The minimum absolute atomic E-state index is 0.00319. The van der Waals surface area contributed by atoms with Gasteiger partial charge >= 0.3 is 12.1 Å². The molecule has 1 saturated heterocycles. The first-order chi connectivity index (χ1) is 14.5. The first kappa shape index (κ1) is 22.8. The van der Waals surface area contributed by atoms with Crippen molar-refractivity contribution in [3.63, 3.8) is 0 Å². The first-order valence-corrected chi connectivity index (χ1v) is 9.87. The Balaban J connectivity index is 0.000000260. The van der Waals surface area contributed by atoms with Gasteiger partial charge < -0.3 is 41.5 Å².